The first-order valence-electron chi connectivity index (χ1n) is 8.67. The van der Waals surface area contributed by atoms with Crippen LogP contribution in [0.25, 0.3) is 0 Å². The lowest BCUT2D eigenvalue weighted by molar-refractivity contribution is -0.138. The van der Waals surface area contributed by atoms with Crippen LogP contribution in [-0.4, -0.2) is 61.4 Å². The summed E-state index contributed by atoms with van der Waals surface area (Å²) in [6, 6.07) is 0.410. The molecule has 5 heteroatoms. The van der Waals surface area contributed by atoms with Gasteiger partial charge in [-0.1, -0.05) is 13.3 Å². The van der Waals surface area contributed by atoms with Crippen LogP contribution >= 0.6 is 0 Å². The average Bonchev–Trinajstić information content (AvgIpc) is 2.62. The molecule has 1 saturated heterocycles. The van der Waals surface area contributed by atoms with Crippen LogP contribution in [0.1, 0.15) is 51.9 Å². The van der Waals surface area contributed by atoms with Crippen LogP contribution in [0.5, 0.6) is 0 Å². The third-order valence-electron chi connectivity index (χ3n) is 5.56. The summed E-state index contributed by atoms with van der Waals surface area (Å²) in [5.41, 5.74) is 0.511. The summed E-state index contributed by atoms with van der Waals surface area (Å²) in [5.74, 6) is 0.118. The molecule has 2 rings (SSSR count). The van der Waals surface area contributed by atoms with E-state index in [0.29, 0.717) is 24.4 Å². The van der Waals surface area contributed by atoms with Crippen molar-refractivity contribution in [3.05, 3.63) is 0 Å². The Bertz CT molecular complexity index is 399. The molecule has 1 aliphatic heterocycles. The van der Waals surface area contributed by atoms with E-state index in [1.165, 1.54) is 25.7 Å². The summed E-state index contributed by atoms with van der Waals surface area (Å²) in [6.07, 6.45) is 7.68. The van der Waals surface area contributed by atoms with Crippen molar-refractivity contribution >= 4 is 11.8 Å². The second-order valence-electron chi connectivity index (χ2n) is 7.22. The fraction of sp³-hybridized carbons (Fsp3) is 0.882. The van der Waals surface area contributed by atoms with E-state index < -0.39 is 0 Å². The van der Waals surface area contributed by atoms with Crippen molar-refractivity contribution < 1.29 is 9.59 Å². The summed E-state index contributed by atoms with van der Waals surface area (Å²) < 4.78 is 0. The van der Waals surface area contributed by atoms with E-state index in [2.05, 4.69) is 12.2 Å². The Kier molecular flexibility index (Phi) is 5.84. The summed E-state index contributed by atoms with van der Waals surface area (Å²) in [7, 11) is 3.47. The molecule has 1 unspecified atom stereocenters. The Morgan fingerprint density at radius 3 is 2.64 bits per heavy atom. The molecule has 2 aliphatic rings. The Morgan fingerprint density at radius 1 is 1.36 bits per heavy atom. The lowest BCUT2D eigenvalue weighted by atomic mass is 9.67. The molecule has 1 heterocycles. The van der Waals surface area contributed by atoms with Crippen molar-refractivity contribution in [2.24, 2.45) is 5.41 Å². The number of likely N-dealkylation sites (tertiary alicyclic amines) is 1. The predicted molar refractivity (Wildman–Crippen MR) is 87.5 cm³/mol. The number of carbonyl (C=O) groups is 2. The highest BCUT2D eigenvalue weighted by Gasteiger charge is 2.35. The second-order valence-corrected chi connectivity index (χ2v) is 7.22. The highest BCUT2D eigenvalue weighted by Crippen LogP contribution is 2.43. The number of nitrogens with zero attached hydrogens (tertiary/aromatic N) is 2. The Hall–Kier alpha value is -1.10. The molecule has 2 amide bonds. The van der Waals surface area contributed by atoms with Gasteiger partial charge in [0.05, 0.1) is 6.54 Å². The van der Waals surface area contributed by atoms with Crippen molar-refractivity contribution in [2.75, 3.05) is 33.7 Å². The van der Waals surface area contributed by atoms with E-state index in [4.69, 9.17) is 0 Å². The number of hydrogen-bond donors (Lipinski definition) is 1. The summed E-state index contributed by atoms with van der Waals surface area (Å²) in [6.45, 7) is 4.28. The van der Waals surface area contributed by atoms with E-state index in [-0.39, 0.29) is 18.4 Å². The van der Waals surface area contributed by atoms with Crippen molar-refractivity contribution in [1.82, 2.24) is 15.1 Å². The van der Waals surface area contributed by atoms with Gasteiger partial charge in [-0.2, -0.15) is 0 Å². The molecule has 126 valence electrons. The standard InChI is InChI=1S/C17H31N3O2/c1-4-17(9-5-10-17)13-18-14-6-7-15(21)20(11-8-14)12-16(22)19(2)3/h14,18H,4-13H2,1-3H3. The molecular formula is C17H31N3O2. The van der Waals surface area contributed by atoms with Crippen LogP contribution in [-0.2, 0) is 9.59 Å². The molecule has 2 fully saturated rings. The number of amides is 2. The SMILES string of the molecule is CCC1(CNC2CCC(=O)N(CC(=O)N(C)C)CC2)CCC1. The third kappa shape index (κ3) is 4.22. The molecule has 1 atom stereocenters. The van der Waals surface area contributed by atoms with E-state index in [1.54, 1.807) is 23.9 Å². The minimum atomic E-state index is -0.000775. The lowest BCUT2D eigenvalue weighted by Crippen LogP contribution is -2.44. The first-order valence-corrected chi connectivity index (χ1v) is 8.67. The van der Waals surface area contributed by atoms with Gasteiger partial charge in [0.25, 0.3) is 0 Å². The minimum absolute atomic E-state index is 0.000775. The number of carbonyl (C=O) groups excluding carboxylic acids is 2. The van der Waals surface area contributed by atoms with Crippen LogP contribution in [0.15, 0.2) is 0 Å². The first kappa shape index (κ1) is 17.3. The largest absolute Gasteiger partial charge is 0.347 e. The fourth-order valence-electron chi connectivity index (χ4n) is 3.41. The van der Waals surface area contributed by atoms with Gasteiger partial charge in [0.2, 0.25) is 11.8 Å². The Morgan fingerprint density at radius 2 is 2.09 bits per heavy atom. The molecule has 1 saturated carbocycles. The quantitative estimate of drug-likeness (QED) is 0.811. The monoisotopic (exact) mass is 309 g/mol. The normalized spacial score (nSPS) is 24.6. The van der Waals surface area contributed by atoms with Crippen LogP contribution < -0.4 is 5.32 Å². The zero-order valence-electron chi connectivity index (χ0n) is 14.4. The van der Waals surface area contributed by atoms with Crippen molar-refractivity contribution in [1.29, 1.82) is 0 Å². The lowest BCUT2D eigenvalue weighted by Gasteiger charge is -2.42. The van der Waals surface area contributed by atoms with Crippen molar-refractivity contribution in [3.8, 4) is 0 Å². The van der Waals surface area contributed by atoms with E-state index in [9.17, 15) is 9.59 Å². The maximum atomic E-state index is 12.2. The van der Waals surface area contributed by atoms with Gasteiger partial charge in [-0.05, 0) is 37.5 Å². The van der Waals surface area contributed by atoms with Gasteiger partial charge in [-0.25, -0.2) is 0 Å². The molecule has 1 aliphatic carbocycles. The topological polar surface area (TPSA) is 52.7 Å². The molecule has 0 bridgehead atoms. The van der Waals surface area contributed by atoms with Crippen molar-refractivity contribution in [2.45, 2.75) is 57.9 Å². The molecule has 5 nitrogen and oxygen atoms in total. The Labute approximate surface area is 134 Å². The third-order valence-corrected chi connectivity index (χ3v) is 5.56. The van der Waals surface area contributed by atoms with E-state index >= 15 is 0 Å². The number of likely N-dealkylation sites (N-methyl/N-ethyl adjacent to an activating group) is 1. The van der Waals surface area contributed by atoms with E-state index in [1.807, 2.05) is 0 Å². The summed E-state index contributed by atoms with van der Waals surface area (Å²) >= 11 is 0. The molecule has 0 aromatic rings. The van der Waals surface area contributed by atoms with Gasteiger partial charge in [0.15, 0.2) is 0 Å². The molecular weight excluding hydrogens is 278 g/mol. The second kappa shape index (κ2) is 7.44. The van der Waals surface area contributed by atoms with Crippen LogP contribution in [0.4, 0.5) is 0 Å². The molecule has 0 radical (unpaired) electrons. The van der Waals surface area contributed by atoms with Crippen LogP contribution in [0.2, 0.25) is 0 Å². The Balaban J connectivity index is 1.80. The van der Waals surface area contributed by atoms with Gasteiger partial charge < -0.3 is 15.1 Å². The van der Waals surface area contributed by atoms with Gasteiger partial charge in [0.1, 0.15) is 0 Å². The molecule has 1 N–H and O–H groups in total. The number of nitrogens with one attached hydrogen (secondary N) is 1. The first-order chi connectivity index (χ1) is 10.5. The molecule has 0 spiro atoms. The predicted octanol–water partition coefficient (Wildman–Crippen LogP) is 1.63. The van der Waals surface area contributed by atoms with E-state index in [0.717, 1.165) is 19.4 Å². The van der Waals surface area contributed by atoms with Crippen LogP contribution in [0, 0.1) is 5.41 Å². The molecule has 22 heavy (non-hydrogen) atoms. The molecule has 0 aromatic heterocycles. The van der Waals surface area contributed by atoms with Gasteiger partial charge in [-0.15, -0.1) is 0 Å². The molecule has 0 aromatic carbocycles. The summed E-state index contributed by atoms with van der Waals surface area (Å²) in [4.78, 5) is 27.3. The average molecular weight is 309 g/mol. The van der Waals surface area contributed by atoms with Crippen molar-refractivity contribution in [3.63, 3.8) is 0 Å². The zero-order valence-corrected chi connectivity index (χ0v) is 14.4. The summed E-state index contributed by atoms with van der Waals surface area (Å²) in [5, 5.41) is 3.70. The maximum Gasteiger partial charge on any atom is 0.241 e. The fourth-order valence-corrected chi connectivity index (χ4v) is 3.41. The maximum absolute atomic E-state index is 12.2. The van der Waals surface area contributed by atoms with Crippen LogP contribution in [0.3, 0.4) is 0 Å². The van der Waals surface area contributed by atoms with Gasteiger partial charge in [-0.3, -0.25) is 9.59 Å². The number of hydrogen-bond acceptors (Lipinski definition) is 3. The highest BCUT2D eigenvalue weighted by atomic mass is 16.2. The smallest absolute Gasteiger partial charge is 0.241 e. The van der Waals surface area contributed by atoms with Gasteiger partial charge >= 0.3 is 0 Å². The van der Waals surface area contributed by atoms with Gasteiger partial charge in [0, 0.05) is 39.6 Å². The minimum Gasteiger partial charge on any atom is -0.347 e. The number of rotatable bonds is 6. The highest BCUT2D eigenvalue weighted by molar-refractivity contribution is 5.84. The zero-order chi connectivity index (χ0) is 16.2.